The first-order valence-electron chi connectivity index (χ1n) is 9.53. The van der Waals surface area contributed by atoms with Gasteiger partial charge in [0.2, 0.25) is 5.91 Å². The van der Waals surface area contributed by atoms with E-state index in [0.717, 1.165) is 12.8 Å². The fourth-order valence-corrected chi connectivity index (χ4v) is 4.16. The van der Waals surface area contributed by atoms with Gasteiger partial charge in [-0.1, -0.05) is 23.2 Å². The zero-order valence-corrected chi connectivity index (χ0v) is 15.6. The fraction of sp³-hybridized carbons (Fsp3) is 0.500. The Kier molecular flexibility index (Phi) is 3.61. The number of rotatable bonds is 4. The third-order valence-electron chi connectivity index (χ3n) is 5.42. The predicted molar refractivity (Wildman–Crippen MR) is 96.8 cm³/mol. The monoisotopic (exact) mass is 397 g/mol. The number of benzene rings is 1. The van der Waals surface area contributed by atoms with Gasteiger partial charge in [0.1, 0.15) is 5.54 Å². The van der Waals surface area contributed by atoms with Crippen LogP contribution in [-0.2, 0) is 16.1 Å². The van der Waals surface area contributed by atoms with Gasteiger partial charge in [0.15, 0.2) is 0 Å². The normalized spacial score (nSPS) is 30.4. The molecule has 1 aromatic carbocycles. The van der Waals surface area contributed by atoms with Crippen molar-refractivity contribution < 1.29 is 17.1 Å². The lowest BCUT2D eigenvalue weighted by atomic mass is 9.87. The Morgan fingerprint density at radius 2 is 2.04 bits per heavy atom. The molecule has 4 amide bonds. The summed E-state index contributed by atoms with van der Waals surface area (Å²) >= 11 is 12.1. The summed E-state index contributed by atoms with van der Waals surface area (Å²) in [7, 11) is 0. The first-order chi connectivity index (χ1) is 13.1. The van der Waals surface area contributed by atoms with Crippen LogP contribution in [0.1, 0.15) is 52.5 Å². The van der Waals surface area contributed by atoms with Gasteiger partial charge in [0.25, 0.3) is 5.91 Å². The average Bonchev–Trinajstić information content (AvgIpc) is 3.38. The maximum absolute atomic E-state index is 13.0. The summed E-state index contributed by atoms with van der Waals surface area (Å²) in [5, 5.41) is 5.47. The molecule has 2 aliphatic heterocycles. The van der Waals surface area contributed by atoms with Crippen molar-refractivity contribution >= 4 is 41.0 Å². The highest BCUT2D eigenvalue weighted by atomic mass is 35.5. The van der Waals surface area contributed by atoms with E-state index in [1.54, 1.807) is 13.0 Å². The van der Waals surface area contributed by atoms with Crippen LogP contribution in [0.5, 0.6) is 0 Å². The van der Waals surface area contributed by atoms with Crippen molar-refractivity contribution in [2.75, 3.05) is 0 Å². The number of imide groups is 1. The Bertz CT molecular complexity index is 906. The molecule has 0 bridgehead atoms. The molecule has 1 aliphatic carbocycles. The quantitative estimate of drug-likeness (QED) is 0.765. The number of carbonyl (C=O) groups is 3. The largest absolute Gasteiger partial charge is 0.332 e. The van der Waals surface area contributed by atoms with Crippen LogP contribution >= 0.6 is 23.2 Å². The lowest BCUT2D eigenvalue weighted by molar-refractivity contribution is -0.134. The van der Waals surface area contributed by atoms with E-state index >= 15 is 0 Å². The number of hydrogen-bond donors (Lipinski definition) is 2. The van der Waals surface area contributed by atoms with Crippen molar-refractivity contribution in [3.8, 4) is 0 Å². The molecule has 2 atom stereocenters. The molecule has 1 saturated carbocycles. The van der Waals surface area contributed by atoms with Crippen molar-refractivity contribution in [1.82, 2.24) is 15.5 Å². The van der Waals surface area contributed by atoms with Crippen molar-refractivity contribution in [2.45, 2.75) is 50.7 Å². The van der Waals surface area contributed by atoms with Crippen LogP contribution in [0.15, 0.2) is 12.1 Å². The molecule has 1 aromatic rings. The van der Waals surface area contributed by atoms with E-state index in [2.05, 4.69) is 10.6 Å². The maximum Gasteiger partial charge on any atom is 0.322 e. The van der Waals surface area contributed by atoms with Crippen LogP contribution in [0.2, 0.25) is 10.0 Å². The second-order valence-corrected chi connectivity index (χ2v) is 7.87. The minimum absolute atomic E-state index is 0.00863. The fourth-order valence-electron chi connectivity index (χ4n) is 3.82. The summed E-state index contributed by atoms with van der Waals surface area (Å²) in [6.07, 6.45) is 1.69. The van der Waals surface area contributed by atoms with Crippen molar-refractivity contribution in [2.24, 2.45) is 5.92 Å². The van der Waals surface area contributed by atoms with Gasteiger partial charge in [0.05, 0.1) is 18.8 Å². The SMILES string of the molecule is [2H]C1([2H])c2cc(Cl)c(Cl)cc2C(C)N1C(=O)CC[C@@]1(C2CC2)NC(=O)NC1=O. The van der Waals surface area contributed by atoms with Gasteiger partial charge in [-0.3, -0.25) is 14.9 Å². The highest BCUT2D eigenvalue weighted by Crippen LogP contribution is 2.44. The second-order valence-electron chi connectivity index (χ2n) is 7.06. The third kappa shape index (κ3) is 2.76. The maximum atomic E-state index is 13.0. The van der Waals surface area contributed by atoms with Crippen LogP contribution in [0.4, 0.5) is 4.79 Å². The lowest BCUT2D eigenvalue weighted by Gasteiger charge is -2.28. The molecule has 2 N–H and O–H groups in total. The highest BCUT2D eigenvalue weighted by Gasteiger charge is 2.55. The number of carbonyl (C=O) groups excluding carboxylic acids is 3. The summed E-state index contributed by atoms with van der Waals surface area (Å²) < 4.78 is 17.0. The number of nitrogens with zero attached hydrogens (tertiary/aromatic N) is 1. The molecule has 6 nitrogen and oxygen atoms in total. The molecule has 0 spiro atoms. The number of amides is 4. The Hall–Kier alpha value is -1.79. The number of fused-ring (bicyclic) bond motifs is 1. The average molecular weight is 398 g/mol. The zero-order chi connectivity index (χ0) is 20.4. The van der Waals surface area contributed by atoms with E-state index in [9.17, 15) is 14.4 Å². The molecule has 0 radical (unpaired) electrons. The van der Waals surface area contributed by atoms with Gasteiger partial charge in [0, 0.05) is 12.9 Å². The van der Waals surface area contributed by atoms with Crippen LogP contribution in [0.3, 0.4) is 0 Å². The molecule has 2 fully saturated rings. The molecule has 0 aromatic heterocycles. The minimum atomic E-state index is -2.05. The second kappa shape index (κ2) is 6.13. The molecular weight excluding hydrogens is 377 g/mol. The highest BCUT2D eigenvalue weighted by molar-refractivity contribution is 6.42. The standard InChI is InChI=1S/C18H19Cl2N3O3/c1-9-12-7-14(20)13(19)6-10(12)8-23(9)15(24)4-5-18(11-2-3-11)16(25)21-17(26)22-18/h6-7,9,11H,2-5,8H2,1H3,(H2,21,22,25,26)/t9?,18-/m0/s1/i8D2. The molecular formula is C18H19Cl2N3O3. The Morgan fingerprint density at radius 3 is 2.65 bits per heavy atom. The van der Waals surface area contributed by atoms with Crippen molar-refractivity contribution in [3.05, 3.63) is 33.3 Å². The number of hydrogen-bond acceptors (Lipinski definition) is 3. The molecule has 138 valence electrons. The summed E-state index contributed by atoms with van der Waals surface area (Å²) in [6, 6.07) is 1.96. The molecule has 8 heteroatoms. The molecule has 4 rings (SSSR count). The smallest absolute Gasteiger partial charge is 0.322 e. The van der Waals surface area contributed by atoms with Gasteiger partial charge < -0.3 is 10.2 Å². The van der Waals surface area contributed by atoms with Gasteiger partial charge in [-0.25, -0.2) is 4.79 Å². The number of nitrogens with one attached hydrogen (secondary N) is 2. The first kappa shape index (κ1) is 15.3. The van der Waals surface area contributed by atoms with E-state index in [1.165, 1.54) is 11.0 Å². The summed E-state index contributed by atoms with van der Waals surface area (Å²) in [5.74, 6) is -0.837. The van der Waals surface area contributed by atoms with Crippen molar-refractivity contribution in [3.63, 3.8) is 0 Å². The summed E-state index contributed by atoms with van der Waals surface area (Å²) in [6.45, 7) is -0.319. The van der Waals surface area contributed by atoms with Gasteiger partial charge in [-0.2, -0.15) is 0 Å². The van der Waals surface area contributed by atoms with Crippen LogP contribution in [-0.4, -0.2) is 28.3 Å². The summed E-state index contributed by atoms with van der Waals surface area (Å²) in [5.41, 5.74) is -0.162. The Balaban J connectivity index is 1.57. The minimum Gasteiger partial charge on any atom is -0.332 e. The van der Waals surface area contributed by atoms with E-state index in [-0.39, 0.29) is 23.8 Å². The lowest BCUT2D eigenvalue weighted by Crippen LogP contribution is -2.49. The van der Waals surface area contributed by atoms with Gasteiger partial charge in [-0.05, 0) is 55.4 Å². The first-order valence-corrected chi connectivity index (χ1v) is 9.28. The molecule has 3 aliphatic rings. The van der Waals surface area contributed by atoms with Gasteiger partial charge >= 0.3 is 6.03 Å². The van der Waals surface area contributed by atoms with Crippen molar-refractivity contribution in [1.29, 1.82) is 0 Å². The number of halogens is 2. The molecule has 2 heterocycles. The molecule has 1 unspecified atom stereocenters. The van der Waals surface area contributed by atoms with E-state index < -0.39 is 35.9 Å². The van der Waals surface area contributed by atoms with E-state index in [1.807, 2.05) is 0 Å². The van der Waals surface area contributed by atoms with E-state index in [4.69, 9.17) is 25.9 Å². The van der Waals surface area contributed by atoms with Crippen LogP contribution < -0.4 is 10.6 Å². The Morgan fingerprint density at radius 1 is 1.35 bits per heavy atom. The number of urea groups is 1. The van der Waals surface area contributed by atoms with Gasteiger partial charge in [-0.15, -0.1) is 0 Å². The molecule has 26 heavy (non-hydrogen) atoms. The predicted octanol–water partition coefficient (Wildman–Crippen LogP) is 3.17. The van der Waals surface area contributed by atoms with E-state index in [0.29, 0.717) is 16.1 Å². The third-order valence-corrected chi connectivity index (χ3v) is 6.14. The Labute approximate surface area is 164 Å². The van der Waals surface area contributed by atoms with Crippen LogP contribution in [0, 0.1) is 5.92 Å². The van der Waals surface area contributed by atoms with Crippen LogP contribution in [0.25, 0.3) is 0 Å². The topological polar surface area (TPSA) is 78.5 Å². The zero-order valence-electron chi connectivity index (χ0n) is 16.1. The molecule has 1 saturated heterocycles. The summed E-state index contributed by atoms with van der Waals surface area (Å²) in [4.78, 5) is 38.2.